The SMILES string of the molecule is CCOC(=O)N1CCN(Cc2cc(N3CCCCC3)nc3[nH]c(=O)ccc23)CC1. The van der Waals surface area contributed by atoms with Gasteiger partial charge in [0.05, 0.1) is 6.61 Å². The highest BCUT2D eigenvalue weighted by Crippen LogP contribution is 2.25. The molecule has 0 spiro atoms. The number of aromatic amines is 1. The molecule has 2 aromatic heterocycles. The first-order chi connectivity index (χ1) is 14.1. The Kier molecular flexibility index (Phi) is 5.99. The van der Waals surface area contributed by atoms with Crippen LogP contribution in [0.25, 0.3) is 11.0 Å². The number of carbonyl (C=O) groups excluding carboxylic acids is 1. The lowest BCUT2D eigenvalue weighted by Gasteiger charge is -2.34. The van der Waals surface area contributed by atoms with Gasteiger partial charge < -0.3 is 19.5 Å². The average Bonchev–Trinajstić information content (AvgIpc) is 2.74. The first kappa shape index (κ1) is 19.7. The first-order valence-corrected chi connectivity index (χ1v) is 10.6. The third-order valence-corrected chi connectivity index (χ3v) is 5.75. The molecular formula is C21H29N5O3. The van der Waals surface area contributed by atoms with E-state index in [1.165, 1.54) is 19.3 Å². The second-order valence-electron chi connectivity index (χ2n) is 7.73. The number of hydrogen-bond acceptors (Lipinski definition) is 6. The molecule has 8 heteroatoms. The normalized spacial score (nSPS) is 18.2. The number of nitrogens with one attached hydrogen (secondary N) is 1. The third kappa shape index (κ3) is 4.53. The zero-order valence-corrected chi connectivity index (χ0v) is 17.0. The quantitative estimate of drug-likeness (QED) is 0.849. The van der Waals surface area contributed by atoms with E-state index in [0.29, 0.717) is 25.3 Å². The van der Waals surface area contributed by atoms with Crippen molar-refractivity contribution < 1.29 is 9.53 Å². The number of rotatable bonds is 4. The van der Waals surface area contributed by atoms with Crippen LogP contribution in [0, 0.1) is 0 Å². The van der Waals surface area contributed by atoms with Crippen molar-refractivity contribution in [2.24, 2.45) is 0 Å². The molecule has 0 saturated carbocycles. The van der Waals surface area contributed by atoms with Gasteiger partial charge in [0.15, 0.2) is 0 Å². The number of pyridine rings is 2. The van der Waals surface area contributed by atoms with Crippen LogP contribution in [0.1, 0.15) is 31.7 Å². The molecule has 2 aromatic rings. The molecule has 0 radical (unpaired) electrons. The standard InChI is InChI=1S/C21H29N5O3/c1-2-29-21(28)26-12-10-24(11-13-26)15-16-14-18(25-8-4-3-5-9-25)22-20-17(16)6-7-19(27)23-20/h6-7,14H,2-5,8-13,15H2,1H3,(H,22,23,27). The second kappa shape index (κ2) is 8.82. The topological polar surface area (TPSA) is 81.8 Å². The van der Waals surface area contributed by atoms with E-state index in [2.05, 4.69) is 20.9 Å². The highest BCUT2D eigenvalue weighted by Gasteiger charge is 2.23. The van der Waals surface area contributed by atoms with E-state index in [4.69, 9.17) is 9.72 Å². The van der Waals surface area contributed by atoms with Crippen molar-refractivity contribution in [1.29, 1.82) is 0 Å². The minimum absolute atomic E-state index is 0.130. The summed E-state index contributed by atoms with van der Waals surface area (Å²) < 4.78 is 5.11. The van der Waals surface area contributed by atoms with Crippen LogP contribution in [0.4, 0.5) is 10.6 Å². The van der Waals surface area contributed by atoms with Gasteiger partial charge in [-0.2, -0.15) is 0 Å². The van der Waals surface area contributed by atoms with Crippen molar-refractivity contribution >= 4 is 22.9 Å². The number of carbonyl (C=O) groups is 1. The lowest BCUT2D eigenvalue weighted by molar-refractivity contribution is 0.0779. The van der Waals surface area contributed by atoms with Crippen molar-refractivity contribution in [2.45, 2.75) is 32.7 Å². The first-order valence-electron chi connectivity index (χ1n) is 10.6. The lowest BCUT2D eigenvalue weighted by Crippen LogP contribution is -2.48. The fourth-order valence-corrected chi connectivity index (χ4v) is 4.15. The monoisotopic (exact) mass is 399 g/mol. The summed E-state index contributed by atoms with van der Waals surface area (Å²) in [5, 5.41) is 0.984. The van der Waals surface area contributed by atoms with Gasteiger partial charge in [-0.15, -0.1) is 0 Å². The van der Waals surface area contributed by atoms with E-state index in [-0.39, 0.29) is 11.7 Å². The molecule has 2 fully saturated rings. The molecule has 4 heterocycles. The fourth-order valence-electron chi connectivity index (χ4n) is 4.15. The highest BCUT2D eigenvalue weighted by atomic mass is 16.6. The number of fused-ring (bicyclic) bond motifs is 1. The predicted octanol–water partition coefficient (Wildman–Crippen LogP) is 2.19. The Labute approximate surface area is 170 Å². The molecule has 29 heavy (non-hydrogen) atoms. The van der Waals surface area contributed by atoms with E-state index in [0.717, 1.165) is 49.5 Å². The van der Waals surface area contributed by atoms with Crippen LogP contribution in [0.3, 0.4) is 0 Å². The van der Waals surface area contributed by atoms with Gasteiger partial charge in [0, 0.05) is 57.3 Å². The number of ether oxygens (including phenoxy) is 1. The second-order valence-corrected chi connectivity index (χ2v) is 7.73. The molecule has 8 nitrogen and oxygen atoms in total. The molecule has 0 aromatic carbocycles. The minimum atomic E-state index is -0.230. The third-order valence-electron chi connectivity index (χ3n) is 5.75. The van der Waals surface area contributed by atoms with Gasteiger partial charge in [-0.05, 0) is 43.9 Å². The van der Waals surface area contributed by atoms with Gasteiger partial charge in [0.1, 0.15) is 11.5 Å². The lowest BCUT2D eigenvalue weighted by atomic mass is 10.1. The van der Waals surface area contributed by atoms with Crippen molar-refractivity contribution in [3.8, 4) is 0 Å². The Hall–Kier alpha value is -2.61. The summed E-state index contributed by atoms with van der Waals surface area (Å²) in [5.74, 6) is 0.944. The van der Waals surface area contributed by atoms with Crippen LogP contribution >= 0.6 is 0 Å². The minimum Gasteiger partial charge on any atom is -0.450 e. The molecule has 1 N–H and O–H groups in total. The van der Waals surface area contributed by atoms with Gasteiger partial charge in [0.2, 0.25) is 5.56 Å². The van der Waals surface area contributed by atoms with Crippen molar-refractivity contribution in [2.75, 3.05) is 50.8 Å². The average molecular weight is 399 g/mol. The maximum atomic E-state index is 11.9. The molecule has 156 valence electrons. The van der Waals surface area contributed by atoms with Crippen LogP contribution in [0.5, 0.6) is 0 Å². The summed E-state index contributed by atoms with van der Waals surface area (Å²) >= 11 is 0. The van der Waals surface area contributed by atoms with E-state index in [1.807, 2.05) is 13.0 Å². The Morgan fingerprint density at radius 2 is 1.86 bits per heavy atom. The van der Waals surface area contributed by atoms with E-state index >= 15 is 0 Å². The Morgan fingerprint density at radius 1 is 1.10 bits per heavy atom. The molecule has 2 aliphatic rings. The number of aromatic nitrogens is 2. The summed E-state index contributed by atoms with van der Waals surface area (Å²) in [6.07, 6.45) is 3.39. The van der Waals surface area contributed by atoms with Crippen molar-refractivity contribution in [3.63, 3.8) is 0 Å². The molecule has 4 rings (SSSR count). The van der Waals surface area contributed by atoms with Gasteiger partial charge in [-0.25, -0.2) is 9.78 Å². The Balaban J connectivity index is 1.54. The Morgan fingerprint density at radius 3 is 2.59 bits per heavy atom. The van der Waals surface area contributed by atoms with Crippen LogP contribution in [0.2, 0.25) is 0 Å². The van der Waals surface area contributed by atoms with E-state index in [9.17, 15) is 9.59 Å². The number of nitrogens with zero attached hydrogens (tertiary/aromatic N) is 4. The Bertz CT molecular complexity index is 914. The van der Waals surface area contributed by atoms with Crippen molar-refractivity contribution in [1.82, 2.24) is 19.8 Å². The molecule has 0 atom stereocenters. The summed E-state index contributed by atoms with van der Waals surface area (Å²) in [7, 11) is 0. The van der Waals surface area contributed by atoms with Gasteiger partial charge in [-0.1, -0.05) is 0 Å². The molecule has 0 bridgehead atoms. The summed E-state index contributed by atoms with van der Waals surface area (Å²) in [4.78, 5) is 37.9. The van der Waals surface area contributed by atoms with Gasteiger partial charge in [0.25, 0.3) is 0 Å². The highest BCUT2D eigenvalue weighted by molar-refractivity contribution is 5.80. The van der Waals surface area contributed by atoms with Crippen LogP contribution in [-0.2, 0) is 11.3 Å². The number of piperazine rings is 1. The number of piperidine rings is 1. The molecule has 0 unspecified atom stereocenters. The number of H-pyrrole nitrogens is 1. The zero-order valence-electron chi connectivity index (χ0n) is 17.0. The summed E-state index contributed by atoms with van der Waals surface area (Å²) in [6, 6.07) is 5.60. The fraction of sp³-hybridized carbons (Fsp3) is 0.571. The zero-order chi connectivity index (χ0) is 20.2. The van der Waals surface area contributed by atoms with E-state index < -0.39 is 0 Å². The molecular weight excluding hydrogens is 370 g/mol. The van der Waals surface area contributed by atoms with Crippen LogP contribution < -0.4 is 10.5 Å². The summed E-state index contributed by atoms with van der Waals surface area (Å²) in [6.45, 7) is 7.93. The number of amides is 1. The van der Waals surface area contributed by atoms with Crippen LogP contribution in [0.15, 0.2) is 23.0 Å². The number of anilines is 1. The maximum absolute atomic E-state index is 11.9. The largest absolute Gasteiger partial charge is 0.450 e. The van der Waals surface area contributed by atoms with Gasteiger partial charge in [-0.3, -0.25) is 9.69 Å². The van der Waals surface area contributed by atoms with Gasteiger partial charge >= 0.3 is 6.09 Å². The van der Waals surface area contributed by atoms with E-state index in [1.54, 1.807) is 11.0 Å². The smallest absolute Gasteiger partial charge is 0.409 e. The molecule has 2 saturated heterocycles. The summed E-state index contributed by atoms with van der Waals surface area (Å²) in [5.41, 5.74) is 1.69. The molecule has 2 aliphatic heterocycles. The predicted molar refractivity (Wildman–Crippen MR) is 112 cm³/mol. The molecule has 1 amide bonds. The van der Waals surface area contributed by atoms with Crippen LogP contribution in [-0.4, -0.2) is 71.7 Å². The van der Waals surface area contributed by atoms with Crippen molar-refractivity contribution in [3.05, 3.63) is 34.1 Å². The molecule has 0 aliphatic carbocycles. The maximum Gasteiger partial charge on any atom is 0.409 e. The number of hydrogen-bond donors (Lipinski definition) is 1.